The van der Waals surface area contributed by atoms with Crippen LogP contribution in [0.4, 0.5) is 0 Å². The van der Waals surface area contributed by atoms with Crippen LogP contribution in [-0.2, 0) is 14.6 Å². The van der Waals surface area contributed by atoms with E-state index in [0.717, 1.165) is 52.1 Å². The zero-order valence-electron chi connectivity index (χ0n) is 17.8. The predicted molar refractivity (Wildman–Crippen MR) is 124 cm³/mol. The van der Waals surface area contributed by atoms with Crippen molar-refractivity contribution >= 4 is 45.7 Å². The summed E-state index contributed by atoms with van der Waals surface area (Å²) in [5, 5.41) is 3.20. The molecule has 2 aliphatic rings. The maximum Gasteiger partial charge on any atom is 0.239 e. The number of halogens is 1. The molecule has 28 heavy (non-hydrogen) atoms. The number of aliphatic imine (C=N–C) groups is 1. The molecule has 10 heteroatoms. The summed E-state index contributed by atoms with van der Waals surface area (Å²) >= 11 is 0. The number of piperazine rings is 1. The highest BCUT2D eigenvalue weighted by Gasteiger charge is 2.33. The first kappa shape index (κ1) is 25.4. The van der Waals surface area contributed by atoms with E-state index in [0.29, 0.717) is 12.5 Å². The third-order valence-corrected chi connectivity index (χ3v) is 7.98. The molecule has 2 rings (SSSR count). The van der Waals surface area contributed by atoms with Gasteiger partial charge in [-0.3, -0.25) is 14.7 Å². The van der Waals surface area contributed by atoms with Gasteiger partial charge < -0.3 is 15.1 Å². The SMILES string of the molecule is CN=C(NCC(C)(C)S(C)(=O)=O)N1CCN(C(C)C(=O)N2CCCC2)CC1.I. The lowest BCUT2D eigenvalue weighted by Crippen LogP contribution is -2.58. The Hall–Kier alpha value is -0.620. The Bertz CT molecular complexity index is 654. The highest BCUT2D eigenvalue weighted by atomic mass is 127. The van der Waals surface area contributed by atoms with E-state index in [1.54, 1.807) is 20.9 Å². The number of amides is 1. The number of sulfone groups is 1. The second-order valence-corrected chi connectivity index (χ2v) is 10.8. The molecule has 0 spiro atoms. The summed E-state index contributed by atoms with van der Waals surface area (Å²) < 4.78 is 22.9. The minimum atomic E-state index is -3.16. The van der Waals surface area contributed by atoms with Crippen molar-refractivity contribution in [3.63, 3.8) is 0 Å². The molecule has 1 unspecified atom stereocenters. The molecule has 1 atom stereocenters. The molecule has 1 amide bonds. The highest BCUT2D eigenvalue weighted by Crippen LogP contribution is 2.15. The minimum absolute atomic E-state index is 0. The van der Waals surface area contributed by atoms with Gasteiger partial charge in [-0.25, -0.2) is 8.42 Å². The van der Waals surface area contributed by atoms with Gasteiger partial charge in [0.05, 0.1) is 10.8 Å². The minimum Gasteiger partial charge on any atom is -0.355 e. The topological polar surface area (TPSA) is 85.3 Å². The van der Waals surface area contributed by atoms with Crippen LogP contribution in [-0.4, -0.2) is 105 Å². The molecule has 0 radical (unpaired) electrons. The number of guanidine groups is 1. The van der Waals surface area contributed by atoms with Gasteiger partial charge in [-0.05, 0) is 33.6 Å². The molecule has 0 aliphatic carbocycles. The molecule has 8 nitrogen and oxygen atoms in total. The lowest BCUT2D eigenvalue weighted by molar-refractivity contribution is -0.135. The number of nitrogens with one attached hydrogen (secondary N) is 1. The van der Waals surface area contributed by atoms with Gasteiger partial charge in [0.25, 0.3) is 0 Å². The number of nitrogens with zero attached hydrogens (tertiary/aromatic N) is 4. The second kappa shape index (κ2) is 10.4. The predicted octanol–water partition coefficient (Wildman–Crippen LogP) is 0.632. The van der Waals surface area contributed by atoms with Crippen LogP contribution in [0.15, 0.2) is 4.99 Å². The quantitative estimate of drug-likeness (QED) is 0.320. The molecule has 1 N–H and O–H groups in total. The Morgan fingerprint density at radius 1 is 1.07 bits per heavy atom. The third-order valence-electron chi connectivity index (χ3n) is 5.82. The molecular weight excluding hydrogens is 493 g/mol. The van der Waals surface area contributed by atoms with E-state index < -0.39 is 14.6 Å². The first-order valence-electron chi connectivity index (χ1n) is 9.75. The summed E-state index contributed by atoms with van der Waals surface area (Å²) in [5.41, 5.74) is 0. The largest absolute Gasteiger partial charge is 0.355 e. The molecule has 2 heterocycles. The Morgan fingerprint density at radius 2 is 1.61 bits per heavy atom. The summed E-state index contributed by atoms with van der Waals surface area (Å²) in [6.45, 7) is 10.6. The van der Waals surface area contributed by atoms with E-state index in [2.05, 4.69) is 20.1 Å². The fraction of sp³-hybridized carbons (Fsp3) is 0.889. The maximum atomic E-state index is 12.6. The lowest BCUT2D eigenvalue weighted by Gasteiger charge is -2.40. The average Bonchev–Trinajstić information content (AvgIpc) is 3.15. The number of hydrogen-bond acceptors (Lipinski definition) is 5. The third kappa shape index (κ3) is 6.19. The molecule has 0 bridgehead atoms. The Balaban J connectivity index is 0.00000392. The van der Waals surface area contributed by atoms with E-state index in [1.165, 1.54) is 6.26 Å². The first-order chi connectivity index (χ1) is 12.6. The van der Waals surface area contributed by atoms with Gasteiger partial charge in [-0.2, -0.15) is 0 Å². The summed E-state index contributed by atoms with van der Waals surface area (Å²) in [4.78, 5) is 23.2. The van der Waals surface area contributed by atoms with Crippen LogP contribution in [0.2, 0.25) is 0 Å². The van der Waals surface area contributed by atoms with E-state index >= 15 is 0 Å². The van der Waals surface area contributed by atoms with E-state index in [-0.39, 0.29) is 35.9 Å². The van der Waals surface area contributed by atoms with Gasteiger partial charge in [0.15, 0.2) is 15.8 Å². The summed E-state index contributed by atoms with van der Waals surface area (Å²) in [6, 6.07) is -0.0932. The molecule has 0 aromatic carbocycles. The monoisotopic (exact) mass is 529 g/mol. The molecule has 2 saturated heterocycles. The number of carbonyl (C=O) groups is 1. The van der Waals surface area contributed by atoms with Crippen LogP contribution >= 0.6 is 24.0 Å². The smallest absolute Gasteiger partial charge is 0.239 e. The fourth-order valence-electron chi connectivity index (χ4n) is 3.43. The summed E-state index contributed by atoms with van der Waals surface area (Å²) in [5.74, 6) is 0.947. The molecular formula is C18H36IN5O3S. The van der Waals surface area contributed by atoms with Crippen molar-refractivity contribution in [2.45, 2.75) is 44.4 Å². The highest BCUT2D eigenvalue weighted by molar-refractivity contribution is 14.0. The molecule has 2 aliphatic heterocycles. The zero-order valence-corrected chi connectivity index (χ0v) is 20.9. The zero-order chi connectivity index (χ0) is 20.2. The van der Waals surface area contributed by atoms with Gasteiger partial charge in [0.2, 0.25) is 5.91 Å². The molecule has 0 aromatic rings. The number of likely N-dealkylation sites (tertiary alicyclic amines) is 1. The van der Waals surface area contributed by atoms with Crippen LogP contribution < -0.4 is 5.32 Å². The normalized spacial score (nSPS) is 20.7. The van der Waals surface area contributed by atoms with Gasteiger partial charge in [0.1, 0.15) is 0 Å². The average molecular weight is 529 g/mol. The van der Waals surface area contributed by atoms with Gasteiger partial charge in [-0.15, -0.1) is 24.0 Å². The Morgan fingerprint density at radius 3 is 2.07 bits per heavy atom. The van der Waals surface area contributed by atoms with Crippen LogP contribution in [0, 0.1) is 0 Å². The van der Waals surface area contributed by atoms with Crippen LogP contribution in [0.25, 0.3) is 0 Å². The molecule has 0 aromatic heterocycles. The fourth-order valence-corrected chi connectivity index (χ4v) is 3.77. The van der Waals surface area contributed by atoms with Crippen LogP contribution in [0.3, 0.4) is 0 Å². The summed E-state index contributed by atoms with van der Waals surface area (Å²) in [7, 11) is -1.45. The van der Waals surface area contributed by atoms with E-state index in [9.17, 15) is 13.2 Å². The Kier molecular flexibility index (Phi) is 9.46. The lowest BCUT2D eigenvalue weighted by atomic mass is 10.2. The first-order valence-corrected chi connectivity index (χ1v) is 11.6. The van der Waals surface area contributed by atoms with Crippen LogP contribution in [0.5, 0.6) is 0 Å². The van der Waals surface area contributed by atoms with Crippen molar-refractivity contribution in [2.24, 2.45) is 4.99 Å². The Labute approximate surface area is 187 Å². The molecule has 164 valence electrons. The van der Waals surface area contributed by atoms with Gasteiger partial charge >= 0.3 is 0 Å². The van der Waals surface area contributed by atoms with Gasteiger partial charge in [0, 0.05) is 59.1 Å². The number of rotatable bonds is 5. The van der Waals surface area contributed by atoms with Crippen molar-refractivity contribution < 1.29 is 13.2 Å². The van der Waals surface area contributed by atoms with Crippen molar-refractivity contribution in [2.75, 3.05) is 59.1 Å². The number of hydrogen-bond donors (Lipinski definition) is 1. The van der Waals surface area contributed by atoms with Gasteiger partial charge in [-0.1, -0.05) is 0 Å². The van der Waals surface area contributed by atoms with E-state index in [4.69, 9.17) is 0 Å². The summed E-state index contributed by atoms with van der Waals surface area (Å²) in [6.07, 6.45) is 3.48. The molecule has 0 saturated carbocycles. The van der Waals surface area contributed by atoms with Crippen molar-refractivity contribution in [3.8, 4) is 0 Å². The van der Waals surface area contributed by atoms with Crippen molar-refractivity contribution in [1.82, 2.24) is 20.0 Å². The molecule has 2 fully saturated rings. The van der Waals surface area contributed by atoms with Crippen LogP contribution in [0.1, 0.15) is 33.6 Å². The van der Waals surface area contributed by atoms with Crippen molar-refractivity contribution in [3.05, 3.63) is 0 Å². The van der Waals surface area contributed by atoms with Crippen molar-refractivity contribution in [1.29, 1.82) is 0 Å². The maximum absolute atomic E-state index is 12.6. The standard InChI is InChI=1S/C18H35N5O3S.HI/c1-15(16(24)22-8-6-7-9-22)21-10-12-23(13-11-21)17(19-4)20-14-18(2,3)27(5,25)26;/h15H,6-14H2,1-5H3,(H,19,20);1H. The number of carbonyl (C=O) groups excluding carboxylic acids is 1. The second-order valence-electron chi connectivity index (χ2n) is 8.16. The van der Waals surface area contributed by atoms with E-state index in [1.807, 2.05) is 11.8 Å².